The van der Waals surface area contributed by atoms with Gasteiger partial charge in [0.2, 0.25) is 11.8 Å². The van der Waals surface area contributed by atoms with Gasteiger partial charge in [-0.3, -0.25) is 4.90 Å². The van der Waals surface area contributed by atoms with Crippen molar-refractivity contribution in [2.75, 3.05) is 13.2 Å². The number of para-hydroxylation sites is 1. The van der Waals surface area contributed by atoms with Crippen LogP contribution in [0.5, 0.6) is 5.88 Å². The zero-order valence-electron chi connectivity index (χ0n) is 16.6. The molecule has 5 heteroatoms. The third-order valence-corrected chi connectivity index (χ3v) is 5.42. The van der Waals surface area contributed by atoms with Gasteiger partial charge in [0.25, 0.3) is 0 Å². The third kappa shape index (κ3) is 3.49. The Morgan fingerprint density at radius 3 is 2.72 bits per heavy atom. The molecule has 0 fully saturated rings. The van der Waals surface area contributed by atoms with Crippen molar-refractivity contribution in [2.45, 2.75) is 26.4 Å². The molecule has 5 rings (SSSR count). The van der Waals surface area contributed by atoms with E-state index in [4.69, 9.17) is 14.7 Å². The fourth-order valence-corrected chi connectivity index (χ4v) is 4.04. The molecule has 1 aliphatic rings. The molecule has 4 aromatic rings. The second-order valence-corrected chi connectivity index (χ2v) is 7.40. The Morgan fingerprint density at radius 1 is 1.03 bits per heavy atom. The van der Waals surface area contributed by atoms with Crippen LogP contribution in [0.15, 0.2) is 66.9 Å². The SMILES string of the molecule is CCOc1cc2ccccc2n1-c1ncc2c(n1)CCN(Cc1ccccc1)C2. The molecule has 29 heavy (non-hydrogen) atoms. The normalized spacial score (nSPS) is 14.1. The molecule has 3 heterocycles. The van der Waals surface area contributed by atoms with Crippen LogP contribution in [0.1, 0.15) is 23.7 Å². The van der Waals surface area contributed by atoms with Gasteiger partial charge in [-0.25, -0.2) is 14.5 Å². The van der Waals surface area contributed by atoms with Gasteiger partial charge < -0.3 is 4.74 Å². The van der Waals surface area contributed by atoms with E-state index in [-0.39, 0.29) is 0 Å². The number of fused-ring (bicyclic) bond motifs is 2. The molecule has 0 radical (unpaired) electrons. The predicted octanol–water partition coefficient (Wildman–Crippen LogP) is 4.38. The summed E-state index contributed by atoms with van der Waals surface area (Å²) in [5.41, 5.74) is 4.76. The minimum Gasteiger partial charge on any atom is -0.479 e. The largest absolute Gasteiger partial charge is 0.479 e. The summed E-state index contributed by atoms with van der Waals surface area (Å²) >= 11 is 0. The lowest BCUT2D eigenvalue weighted by molar-refractivity contribution is 0.242. The molecule has 0 unspecified atom stereocenters. The summed E-state index contributed by atoms with van der Waals surface area (Å²) in [6, 6.07) is 20.9. The summed E-state index contributed by atoms with van der Waals surface area (Å²) in [5.74, 6) is 1.47. The summed E-state index contributed by atoms with van der Waals surface area (Å²) in [6.45, 7) is 5.45. The van der Waals surface area contributed by atoms with Crippen molar-refractivity contribution in [1.82, 2.24) is 19.4 Å². The van der Waals surface area contributed by atoms with Crippen LogP contribution in [0.25, 0.3) is 16.9 Å². The van der Waals surface area contributed by atoms with Crippen LogP contribution >= 0.6 is 0 Å². The van der Waals surface area contributed by atoms with Crippen molar-refractivity contribution in [3.05, 3.63) is 83.7 Å². The first-order chi connectivity index (χ1) is 14.3. The Kier molecular flexibility index (Phi) is 4.74. The van der Waals surface area contributed by atoms with Gasteiger partial charge in [0.15, 0.2) is 0 Å². The highest BCUT2D eigenvalue weighted by molar-refractivity contribution is 5.83. The van der Waals surface area contributed by atoms with E-state index >= 15 is 0 Å². The van der Waals surface area contributed by atoms with Crippen LogP contribution in [-0.2, 0) is 19.5 Å². The molecule has 1 aliphatic heterocycles. The van der Waals surface area contributed by atoms with Crippen molar-refractivity contribution in [2.24, 2.45) is 0 Å². The summed E-state index contributed by atoms with van der Waals surface area (Å²) in [4.78, 5) is 12.1. The first-order valence-corrected chi connectivity index (χ1v) is 10.2. The average Bonchev–Trinajstić information content (AvgIpc) is 3.12. The minimum atomic E-state index is 0.607. The molecule has 146 valence electrons. The maximum absolute atomic E-state index is 5.88. The van der Waals surface area contributed by atoms with Crippen molar-refractivity contribution in [1.29, 1.82) is 0 Å². The van der Waals surface area contributed by atoms with Crippen molar-refractivity contribution >= 4 is 10.9 Å². The van der Waals surface area contributed by atoms with Gasteiger partial charge in [-0.2, -0.15) is 0 Å². The van der Waals surface area contributed by atoms with E-state index in [1.807, 2.05) is 29.8 Å². The van der Waals surface area contributed by atoms with Crippen molar-refractivity contribution in [3.8, 4) is 11.8 Å². The Hall–Kier alpha value is -3.18. The van der Waals surface area contributed by atoms with Crippen LogP contribution in [0.4, 0.5) is 0 Å². The zero-order chi connectivity index (χ0) is 19.6. The van der Waals surface area contributed by atoms with E-state index in [0.717, 1.165) is 48.5 Å². The van der Waals surface area contributed by atoms with Crippen LogP contribution in [0.2, 0.25) is 0 Å². The number of benzene rings is 2. The van der Waals surface area contributed by atoms with Crippen LogP contribution < -0.4 is 4.74 Å². The molecule has 2 aromatic heterocycles. The summed E-state index contributed by atoms with van der Waals surface area (Å²) in [6.07, 6.45) is 2.92. The summed E-state index contributed by atoms with van der Waals surface area (Å²) in [5, 5.41) is 1.13. The van der Waals surface area contributed by atoms with Crippen LogP contribution in [0.3, 0.4) is 0 Å². The predicted molar refractivity (Wildman–Crippen MR) is 114 cm³/mol. The second kappa shape index (κ2) is 7.68. The first kappa shape index (κ1) is 17.9. The van der Waals surface area contributed by atoms with E-state index in [9.17, 15) is 0 Å². The lowest BCUT2D eigenvalue weighted by Gasteiger charge is -2.28. The molecule has 2 aromatic carbocycles. The van der Waals surface area contributed by atoms with Gasteiger partial charge in [0.05, 0.1) is 17.8 Å². The van der Waals surface area contributed by atoms with E-state index in [2.05, 4.69) is 53.4 Å². The van der Waals surface area contributed by atoms with Gasteiger partial charge >= 0.3 is 0 Å². The number of aromatic nitrogens is 3. The van der Waals surface area contributed by atoms with Gasteiger partial charge in [-0.05, 0) is 18.6 Å². The Balaban J connectivity index is 1.45. The summed E-state index contributed by atoms with van der Waals surface area (Å²) in [7, 11) is 0. The first-order valence-electron chi connectivity index (χ1n) is 10.2. The standard InChI is InChI=1S/C24H24N4O/c1-2-29-23-14-19-10-6-7-11-22(19)28(23)24-25-15-20-17-27(13-12-21(20)26-24)16-18-8-4-3-5-9-18/h3-11,14-15H,2,12-13,16-17H2,1H3. The monoisotopic (exact) mass is 384 g/mol. The average molecular weight is 384 g/mol. The molecule has 0 N–H and O–H groups in total. The molecule has 0 spiro atoms. The molecule has 0 bridgehead atoms. The molecule has 0 atom stereocenters. The molecule has 0 amide bonds. The van der Waals surface area contributed by atoms with Crippen molar-refractivity contribution < 1.29 is 4.74 Å². The molecule has 5 nitrogen and oxygen atoms in total. The quantitative estimate of drug-likeness (QED) is 0.512. The highest BCUT2D eigenvalue weighted by atomic mass is 16.5. The highest BCUT2D eigenvalue weighted by Gasteiger charge is 2.20. The molecular formula is C24H24N4O. The summed E-state index contributed by atoms with van der Waals surface area (Å²) < 4.78 is 7.90. The lowest BCUT2D eigenvalue weighted by atomic mass is 10.1. The second-order valence-electron chi connectivity index (χ2n) is 7.40. The van der Waals surface area contributed by atoms with Gasteiger partial charge in [0, 0.05) is 49.3 Å². The fourth-order valence-electron chi connectivity index (χ4n) is 4.04. The molecular weight excluding hydrogens is 360 g/mol. The topological polar surface area (TPSA) is 43.2 Å². The minimum absolute atomic E-state index is 0.607. The molecule has 0 aliphatic carbocycles. The van der Waals surface area contributed by atoms with Crippen LogP contribution in [0, 0.1) is 0 Å². The fraction of sp³-hybridized carbons (Fsp3) is 0.250. The number of rotatable bonds is 5. The number of hydrogen-bond donors (Lipinski definition) is 0. The van der Waals surface area contributed by atoms with Crippen molar-refractivity contribution in [3.63, 3.8) is 0 Å². The van der Waals surface area contributed by atoms with E-state index < -0.39 is 0 Å². The van der Waals surface area contributed by atoms with Gasteiger partial charge in [0.1, 0.15) is 0 Å². The maximum Gasteiger partial charge on any atom is 0.237 e. The number of hydrogen-bond acceptors (Lipinski definition) is 4. The smallest absolute Gasteiger partial charge is 0.237 e. The molecule has 0 saturated carbocycles. The lowest BCUT2D eigenvalue weighted by Crippen LogP contribution is -2.31. The molecule has 0 saturated heterocycles. The van der Waals surface area contributed by atoms with E-state index in [0.29, 0.717) is 12.6 Å². The van der Waals surface area contributed by atoms with Gasteiger partial charge in [-0.15, -0.1) is 0 Å². The Bertz CT molecular complexity index is 1140. The van der Waals surface area contributed by atoms with Crippen LogP contribution in [-0.4, -0.2) is 32.6 Å². The maximum atomic E-state index is 5.88. The van der Waals surface area contributed by atoms with Gasteiger partial charge in [-0.1, -0.05) is 48.5 Å². The van der Waals surface area contributed by atoms with E-state index in [1.54, 1.807) is 0 Å². The number of ether oxygens (including phenoxy) is 1. The Labute approximate surface area is 170 Å². The highest BCUT2D eigenvalue weighted by Crippen LogP contribution is 2.29. The van der Waals surface area contributed by atoms with E-state index in [1.165, 1.54) is 11.1 Å². The Morgan fingerprint density at radius 2 is 1.86 bits per heavy atom. The number of nitrogens with zero attached hydrogens (tertiary/aromatic N) is 4. The zero-order valence-corrected chi connectivity index (χ0v) is 16.6. The third-order valence-electron chi connectivity index (χ3n) is 5.42.